The minimum absolute atomic E-state index is 0.807. The first-order valence-corrected chi connectivity index (χ1v) is 4.98. The van der Waals surface area contributed by atoms with Crippen LogP contribution in [0, 0.1) is 0 Å². The van der Waals surface area contributed by atoms with E-state index in [1.165, 1.54) is 0 Å². The lowest BCUT2D eigenvalue weighted by Gasteiger charge is -2.28. The van der Waals surface area contributed by atoms with Crippen LogP contribution in [0.1, 0.15) is 5.69 Å². The predicted octanol–water partition coefficient (Wildman–Crippen LogP) is 1.53. The molecule has 0 aliphatic carbocycles. The van der Waals surface area contributed by atoms with Gasteiger partial charge in [0.05, 0.1) is 11.4 Å². The summed E-state index contributed by atoms with van der Waals surface area (Å²) in [6, 6.07) is 5.74. The van der Waals surface area contributed by atoms with Crippen molar-refractivity contribution >= 4 is 5.70 Å². The number of rotatable bonds is 3. The topological polar surface area (TPSA) is 43.4 Å². The molecule has 2 heterocycles. The fraction of sp³-hybridized carbons (Fsp3) is 0.250. The number of pyridine rings is 1. The molecule has 2 rings (SSSR count). The molecule has 0 fully saturated rings. The third kappa shape index (κ3) is 1.98. The monoisotopic (exact) mass is 218 g/mol. The fourth-order valence-corrected chi connectivity index (χ4v) is 1.55. The summed E-state index contributed by atoms with van der Waals surface area (Å²) in [7, 11) is 3.21. The fourth-order valence-electron chi connectivity index (χ4n) is 1.55. The summed E-state index contributed by atoms with van der Waals surface area (Å²) in [5.41, 5.74) is 1.72. The summed E-state index contributed by atoms with van der Waals surface area (Å²) in [6.07, 6.45) is 7.20. The first-order valence-electron chi connectivity index (χ1n) is 4.98. The largest absolute Gasteiger partial charge is 0.360 e. The van der Waals surface area contributed by atoms with Crippen molar-refractivity contribution in [2.24, 2.45) is 0 Å². The number of aromatic nitrogens is 1. The predicted molar refractivity (Wildman–Crippen MR) is 61.2 cm³/mol. The number of dihydropyridines is 1. The van der Waals surface area contributed by atoms with Crippen molar-refractivity contribution in [2.45, 2.75) is 5.79 Å². The van der Waals surface area contributed by atoms with Gasteiger partial charge >= 0.3 is 0 Å². The van der Waals surface area contributed by atoms with Gasteiger partial charge < -0.3 is 14.8 Å². The molecular formula is C12H14N2O2. The minimum atomic E-state index is -0.807. The van der Waals surface area contributed by atoms with Crippen LogP contribution in [-0.2, 0) is 9.47 Å². The number of ether oxygens (including phenoxy) is 2. The molecule has 0 unspecified atom stereocenters. The Bertz CT molecular complexity index is 408. The van der Waals surface area contributed by atoms with Crippen molar-refractivity contribution in [3.05, 3.63) is 48.4 Å². The van der Waals surface area contributed by atoms with E-state index in [1.54, 1.807) is 32.7 Å². The van der Waals surface area contributed by atoms with Gasteiger partial charge in [-0.3, -0.25) is 4.98 Å². The molecular weight excluding hydrogens is 204 g/mol. The Labute approximate surface area is 94.6 Å². The van der Waals surface area contributed by atoms with Crippen molar-refractivity contribution in [1.82, 2.24) is 10.3 Å². The SMILES string of the molecule is COC1(OC)C=CNC(c2ccccn2)=C1. The van der Waals surface area contributed by atoms with Crippen molar-refractivity contribution in [2.75, 3.05) is 14.2 Å². The molecule has 1 aliphatic rings. The highest BCUT2D eigenvalue weighted by molar-refractivity contribution is 5.64. The molecule has 16 heavy (non-hydrogen) atoms. The van der Waals surface area contributed by atoms with E-state index < -0.39 is 5.79 Å². The molecule has 0 atom stereocenters. The highest BCUT2D eigenvalue weighted by atomic mass is 16.7. The van der Waals surface area contributed by atoms with E-state index in [9.17, 15) is 0 Å². The van der Waals surface area contributed by atoms with Gasteiger partial charge in [0, 0.05) is 32.7 Å². The Morgan fingerprint density at radius 3 is 2.69 bits per heavy atom. The zero-order chi connectivity index (χ0) is 11.4. The summed E-state index contributed by atoms with van der Waals surface area (Å²) in [4.78, 5) is 4.26. The maximum Gasteiger partial charge on any atom is 0.211 e. The van der Waals surface area contributed by atoms with E-state index in [4.69, 9.17) is 9.47 Å². The van der Waals surface area contributed by atoms with Crippen LogP contribution in [0.5, 0.6) is 0 Å². The van der Waals surface area contributed by atoms with Crippen molar-refractivity contribution < 1.29 is 9.47 Å². The quantitative estimate of drug-likeness (QED) is 0.781. The lowest BCUT2D eigenvalue weighted by Crippen LogP contribution is -2.33. The van der Waals surface area contributed by atoms with E-state index in [-0.39, 0.29) is 0 Å². The molecule has 1 aromatic rings. The van der Waals surface area contributed by atoms with Crippen LogP contribution in [0.2, 0.25) is 0 Å². The average Bonchev–Trinajstić information content (AvgIpc) is 2.40. The van der Waals surface area contributed by atoms with Gasteiger partial charge in [-0.05, 0) is 18.2 Å². The van der Waals surface area contributed by atoms with E-state index in [0.29, 0.717) is 0 Å². The molecule has 0 saturated heterocycles. The molecule has 0 saturated carbocycles. The van der Waals surface area contributed by atoms with E-state index in [2.05, 4.69) is 10.3 Å². The van der Waals surface area contributed by atoms with Crippen LogP contribution in [0.3, 0.4) is 0 Å². The van der Waals surface area contributed by atoms with E-state index >= 15 is 0 Å². The van der Waals surface area contributed by atoms with Crippen molar-refractivity contribution in [3.63, 3.8) is 0 Å². The van der Waals surface area contributed by atoms with Gasteiger partial charge in [0.15, 0.2) is 0 Å². The summed E-state index contributed by atoms with van der Waals surface area (Å²) < 4.78 is 10.7. The third-order valence-corrected chi connectivity index (χ3v) is 2.48. The molecule has 0 radical (unpaired) electrons. The summed E-state index contributed by atoms with van der Waals surface area (Å²) in [6.45, 7) is 0. The van der Waals surface area contributed by atoms with Gasteiger partial charge in [-0.25, -0.2) is 0 Å². The van der Waals surface area contributed by atoms with Crippen LogP contribution in [0.25, 0.3) is 5.70 Å². The van der Waals surface area contributed by atoms with Gasteiger partial charge in [0.2, 0.25) is 5.79 Å². The number of nitrogens with one attached hydrogen (secondary N) is 1. The van der Waals surface area contributed by atoms with Gasteiger partial charge in [-0.2, -0.15) is 0 Å². The van der Waals surface area contributed by atoms with Crippen molar-refractivity contribution in [3.8, 4) is 0 Å². The average molecular weight is 218 g/mol. The van der Waals surface area contributed by atoms with Crippen LogP contribution in [0.4, 0.5) is 0 Å². The Hall–Kier alpha value is -1.65. The maximum absolute atomic E-state index is 5.33. The highest BCUT2D eigenvalue weighted by Crippen LogP contribution is 2.23. The van der Waals surface area contributed by atoms with Gasteiger partial charge in [0.25, 0.3) is 0 Å². The standard InChI is InChI=1S/C12H14N2O2/c1-15-12(16-2)6-8-14-11(9-12)10-5-3-4-7-13-10/h3-9,14H,1-2H3. The van der Waals surface area contributed by atoms with Crippen molar-refractivity contribution in [1.29, 1.82) is 0 Å². The molecule has 84 valence electrons. The highest BCUT2D eigenvalue weighted by Gasteiger charge is 2.27. The number of methoxy groups -OCH3 is 2. The second-order valence-corrected chi connectivity index (χ2v) is 3.38. The Balaban J connectivity index is 2.34. The minimum Gasteiger partial charge on any atom is -0.360 e. The smallest absolute Gasteiger partial charge is 0.211 e. The summed E-state index contributed by atoms with van der Waals surface area (Å²) in [5, 5.41) is 3.12. The van der Waals surface area contributed by atoms with E-state index in [0.717, 1.165) is 11.4 Å². The maximum atomic E-state index is 5.33. The first kappa shape index (κ1) is 10.9. The second kappa shape index (κ2) is 4.47. The molecule has 4 nitrogen and oxygen atoms in total. The lowest BCUT2D eigenvalue weighted by atomic mass is 10.1. The van der Waals surface area contributed by atoms with Crippen LogP contribution in [-0.4, -0.2) is 25.0 Å². The second-order valence-electron chi connectivity index (χ2n) is 3.38. The third-order valence-electron chi connectivity index (χ3n) is 2.48. The zero-order valence-corrected chi connectivity index (χ0v) is 9.31. The Morgan fingerprint density at radius 1 is 1.25 bits per heavy atom. The zero-order valence-electron chi connectivity index (χ0n) is 9.31. The molecule has 0 bridgehead atoms. The van der Waals surface area contributed by atoms with Crippen LogP contribution >= 0.6 is 0 Å². The number of hydrogen-bond acceptors (Lipinski definition) is 4. The van der Waals surface area contributed by atoms with Gasteiger partial charge in [0.1, 0.15) is 0 Å². The van der Waals surface area contributed by atoms with Gasteiger partial charge in [-0.1, -0.05) is 6.07 Å². The van der Waals surface area contributed by atoms with Crippen LogP contribution in [0.15, 0.2) is 42.7 Å². The molecule has 0 amide bonds. The molecule has 0 aromatic carbocycles. The Kier molecular flexibility index (Phi) is 3.03. The van der Waals surface area contributed by atoms with Crippen LogP contribution < -0.4 is 5.32 Å². The van der Waals surface area contributed by atoms with Gasteiger partial charge in [-0.15, -0.1) is 0 Å². The molecule has 0 spiro atoms. The summed E-state index contributed by atoms with van der Waals surface area (Å²) in [5.74, 6) is -0.807. The molecule has 1 N–H and O–H groups in total. The molecule has 1 aromatic heterocycles. The first-order chi connectivity index (χ1) is 7.79. The molecule has 4 heteroatoms. The number of hydrogen-bond donors (Lipinski definition) is 1. The lowest BCUT2D eigenvalue weighted by molar-refractivity contribution is -0.133. The Morgan fingerprint density at radius 2 is 2.06 bits per heavy atom. The van der Waals surface area contributed by atoms with E-state index in [1.807, 2.05) is 24.3 Å². The normalized spacial score (nSPS) is 17.8. The molecule has 1 aliphatic heterocycles. The number of nitrogens with zero attached hydrogens (tertiary/aromatic N) is 1. The summed E-state index contributed by atoms with van der Waals surface area (Å²) >= 11 is 0.